The van der Waals surface area contributed by atoms with Gasteiger partial charge in [0.05, 0.1) is 31.0 Å². The highest BCUT2D eigenvalue weighted by Crippen LogP contribution is 2.11. The molecule has 1 amide bonds. The summed E-state index contributed by atoms with van der Waals surface area (Å²) in [6.07, 6.45) is 7.10. The average Bonchev–Trinajstić information content (AvgIpc) is 3.03. The molecule has 2 N–H and O–H groups in total. The lowest BCUT2D eigenvalue weighted by Gasteiger charge is -2.23. The highest BCUT2D eigenvalue weighted by Gasteiger charge is 2.17. The molecule has 1 aliphatic rings. The Kier molecular flexibility index (Phi) is 7.97. The number of amides is 1. The maximum atomic E-state index is 11.9. The summed E-state index contributed by atoms with van der Waals surface area (Å²) in [5.74, 6) is 0.686. The minimum atomic E-state index is -0.0686. The van der Waals surface area contributed by atoms with Crippen molar-refractivity contribution < 1.29 is 9.53 Å². The first-order valence-corrected chi connectivity index (χ1v) is 6.88. The monoisotopic (exact) mass is 359 g/mol. The normalized spacial score (nSPS) is 16.8. The van der Waals surface area contributed by atoms with Gasteiger partial charge in [-0.15, -0.1) is 24.8 Å². The van der Waals surface area contributed by atoms with Crippen LogP contribution in [0.3, 0.4) is 0 Å². The van der Waals surface area contributed by atoms with Gasteiger partial charge in [0, 0.05) is 25.5 Å². The number of anilines is 1. The van der Waals surface area contributed by atoms with Crippen LogP contribution in [0.4, 0.5) is 5.69 Å². The lowest BCUT2D eigenvalue weighted by atomic mass is 10.2. The minimum absolute atomic E-state index is 0. The number of nitrogens with one attached hydrogen (secondary N) is 2. The van der Waals surface area contributed by atoms with Crippen LogP contribution in [0.25, 0.3) is 5.82 Å². The number of rotatable bonds is 4. The maximum Gasteiger partial charge on any atom is 0.227 e. The molecular weight excluding hydrogens is 341 g/mol. The van der Waals surface area contributed by atoms with Crippen molar-refractivity contribution in [2.75, 3.05) is 25.0 Å². The summed E-state index contributed by atoms with van der Waals surface area (Å²) in [6.45, 7) is 2.21. The largest absolute Gasteiger partial charge is 0.375 e. The van der Waals surface area contributed by atoms with E-state index in [0.29, 0.717) is 25.3 Å². The molecule has 0 aliphatic carbocycles. The van der Waals surface area contributed by atoms with E-state index in [-0.39, 0.29) is 36.8 Å². The molecule has 1 fully saturated rings. The molecule has 23 heavy (non-hydrogen) atoms. The van der Waals surface area contributed by atoms with Crippen molar-refractivity contribution in [3.05, 3.63) is 37.1 Å². The molecule has 2 aromatic heterocycles. The number of hydrogen-bond donors (Lipinski definition) is 2. The molecule has 1 saturated heterocycles. The zero-order chi connectivity index (χ0) is 14.5. The van der Waals surface area contributed by atoms with Gasteiger partial charge < -0.3 is 15.4 Å². The number of carbonyl (C=O) groups is 1. The first-order chi connectivity index (χ1) is 10.3. The highest BCUT2D eigenvalue weighted by molar-refractivity contribution is 5.90. The number of pyridine rings is 1. The lowest BCUT2D eigenvalue weighted by Crippen LogP contribution is -2.40. The Labute approximate surface area is 146 Å². The highest BCUT2D eigenvalue weighted by atomic mass is 35.5. The molecule has 1 aliphatic heterocycles. The van der Waals surface area contributed by atoms with E-state index in [4.69, 9.17) is 4.74 Å². The molecule has 3 heterocycles. The van der Waals surface area contributed by atoms with Crippen LogP contribution >= 0.6 is 24.8 Å². The van der Waals surface area contributed by atoms with E-state index in [1.807, 2.05) is 18.3 Å². The third-order valence-corrected chi connectivity index (χ3v) is 3.22. The van der Waals surface area contributed by atoms with E-state index in [0.717, 1.165) is 12.4 Å². The molecule has 0 bridgehead atoms. The van der Waals surface area contributed by atoms with Gasteiger partial charge in [0.25, 0.3) is 0 Å². The number of aromatic nitrogens is 3. The Balaban J connectivity index is 0.00000132. The number of nitrogens with zero attached hydrogens (tertiary/aromatic N) is 3. The predicted molar refractivity (Wildman–Crippen MR) is 91.7 cm³/mol. The minimum Gasteiger partial charge on any atom is -0.375 e. The van der Waals surface area contributed by atoms with E-state index in [9.17, 15) is 4.79 Å². The summed E-state index contributed by atoms with van der Waals surface area (Å²) in [6, 6.07) is 3.65. The molecule has 9 heteroatoms. The van der Waals surface area contributed by atoms with Gasteiger partial charge in [-0.2, -0.15) is 0 Å². The first-order valence-electron chi connectivity index (χ1n) is 6.88. The van der Waals surface area contributed by atoms with Gasteiger partial charge in [-0.3, -0.25) is 9.36 Å². The van der Waals surface area contributed by atoms with Gasteiger partial charge in [0.1, 0.15) is 12.1 Å². The number of halogens is 2. The smallest absolute Gasteiger partial charge is 0.227 e. The summed E-state index contributed by atoms with van der Waals surface area (Å²) in [5.41, 5.74) is 0.674. The van der Waals surface area contributed by atoms with Gasteiger partial charge >= 0.3 is 0 Å². The summed E-state index contributed by atoms with van der Waals surface area (Å²) < 4.78 is 7.30. The van der Waals surface area contributed by atoms with E-state index in [1.165, 1.54) is 0 Å². The molecule has 0 radical (unpaired) electrons. The van der Waals surface area contributed by atoms with Crippen LogP contribution < -0.4 is 10.6 Å². The molecular formula is C14H19Cl2N5O2. The quantitative estimate of drug-likeness (QED) is 0.862. The fraction of sp³-hybridized carbons (Fsp3) is 0.357. The molecule has 7 nitrogen and oxygen atoms in total. The molecule has 1 atom stereocenters. The molecule has 1 unspecified atom stereocenters. The van der Waals surface area contributed by atoms with Crippen molar-refractivity contribution in [2.24, 2.45) is 0 Å². The van der Waals surface area contributed by atoms with Crippen LogP contribution in [0.15, 0.2) is 37.1 Å². The van der Waals surface area contributed by atoms with Crippen molar-refractivity contribution in [3.63, 3.8) is 0 Å². The molecule has 126 valence electrons. The summed E-state index contributed by atoms with van der Waals surface area (Å²) in [5, 5.41) is 6.03. The summed E-state index contributed by atoms with van der Waals surface area (Å²) in [4.78, 5) is 20.2. The number of carbonyl (C=O) groups excluding carboxylic acids is 1. The Morgan fingerprint density at radius 3 is 2.91 bits per heavy atom. The summed E-state index contributed by atoms with van der Waals surface area (Å²) in [7, 11) is 0. The fourth-order valence-corrected chi connectivity index (χ4v) is 2.18. The van der Waals surface area contributed by atoms with Gasteiger partial charge in [0.2, 0.25) is 5.91 Å². The zero-order valence-corrected chi connectivity index (χ0v) is 14.0. The molecule has 2 aromatic rings. The van der Waals surface area contributed by atoms with Crippen molar-refractivity contribution in [1.82, 2.24) is 19.9 Å². The van der Waals surface area contributed by atoms with Crippen LogP contribution in [0, 0.1) is 0 Å². The Morgan fingerprint density at radius 2 is 2.30 bits per heavy atom. The van der Waals surface area contributed by atoms with E-state index in [2.05, 4.69) is 20.6 Å². The van der Waals surface area contributed by atoms with Crippen molar-refractivity contribution in [2.45, 2.75) is 12.5 Å². The van der Waals surface area contributed by atoms with Crippen molar-refractivity contribution in [3.8, 4) is 5.82 Å². The topological polar surface area (TPSA) is 81.1 Å². The van der Waals surface area contributed by atoms with E-state index in [1.54, 1.807) is 23.3 Å². The number of imidazole rings is 1. The molecule has 3 rings (SSSR count). The molecule has 0 saturated carbocycles. The van der Waals surface area contributed by atoms with Crippen molar-refractivity contribution >= 4 is 36.4 Å². The standard InChI is InChI=1S/C14H17N5O2.2ClH/c20-14(7-12-9-15-4-6-21-12)18-11-1-2-13(17-8-11)19-5-3-16-10-19;;/h1-3,5,8,10,12,15H,4,6-7,9H2,(H,18,20);2*1H. The summed E-state index contributed by atoms with van der Waals surface area (Å²) >= 11 is 0. The molecule has 0 aromatic carbocycles. The average molecular weight is 360 g/mol. The van der Waals surface area contributed by atoms with Crippen LogP contribution in [-0.2, 0) is 9.53 Å². The van der Waals surface area contributed by atoms with E-state index >= 15 is 0 Å². The second-order valence-electron chi connectivity index (χ2n) is 4.82. The number of hydrogen-bond acceptors (Lipinski definition) is 5. The Bertz CT molecular complexity index is 586. The number of ether oxygens (including phenoxy) is 1. The van der Waals surface area contributed by atoms with Crippen LogP contribution in [-0.4, -0.2) is 46.2 Å². The second kappa shape index (κ2) is 9.46. The third kappa shape index (κ3) is 5.47. The van der Waals surface area contributed by atoms with Crippen LogP contribution in [0.2, 0.25) is 0 Å². The first kappa shape index (κ1) is 19.4. The van der Waals surface area contributed by atoms with Gasteiger partial charge in [0.15, 0.2) is 0 Å². The van der Waals surface area contributed by atoms with E-state index < -0.39 is 0 Å². The van der Waals surface area contributed by atoms with Crippen LogP contribution in [0.1, 0.15) is 6.42 Å². The van der Waals surface area contributed by atoms with Crippen LogP contribution in [0.5, 0.6) is 0 Å². The zero-order valence-electron chi connectivity index (χ0n) is 12.3. The Morgan fingerprint density at radius 1 is 1.43 bits per heavy atom. The van der Waals surface area contributed by atoms with Gasteiger partial charge in [-0.25, -0.2) is 9.97 Å². The molecule has 0 spiro atoms. The third-order valence-electron chi connectivity index (χ3n) is 3.22. The maximum absolute atomic E-state index is 11.9. The fourth-order valence-electron chi connectivity index (χ4n) is 2.18. The SMILES string of the molecule is Cl.Cl.O=C(CC1CNCCO1)Nc1ccc(-n2ccnc2)nc1. The van der Waals surface area contributed by atoms with Gasteiger partial charge in [-0.05, 0) is 12.1 Å². The lowest BCUT2D eigenvalue weighted by molar-refractivity contribution is -0.119. The van der Waals surface area contributed by atoms with Crippen molar-refractivity contribution in [1.29, 1.82) is 0 Å². The Hall–Kier alpha value is -1.67. The van der Waals surface area contributed by atoms with Gasteiger partial charge in [-0.1, -0.05) is 0 Å². The second-order valence-corrected chi connectivity index (χ2v) is 4.82. The predicted octanol–water partition coefficient (Wildman–Crippen LogP) is 1.43. The number of morpholine rings is 1.